The zero-order valence-corrected chi connectivity index (χ0v) is 13.2. The quantitative estimate of drug-likeness (QED) is 0.818. The molecule has 0 radical (unpaired) electrons. The molecule has 1 aromatic rings. The molecule has 0 aromatic heterocycles. The summed E-state index contributed by atoms with van der Waals surface area (Å²) in [7, 11) is 0. The molecule has 0 bridgehead atoms. The number of aliphatic carboxylic acids is 1. The van der Waals surface area contributed by atoms with Crippen molar-refractivity contribution in [1.29, 1.82) is 0 Å². The Bertz CT molecular complexity index is 672. The summed E-state index contributed by atoms with van der Waals surface area (Å²) in [6, 6.07) is 4.62. The average molecular weight is 335 g/mol. The van der Waals surface area contributed by atoms with Gasteiger partial charge in [-0.1, -0.05) is 19.1 Å². The molecule has 2 N–H and O–H groups in total. The lowest BCUT2D eigenvalue weighted by Crippen LogP contribution is -2.45. The number of nitrogens with zero attached hydrogens (tertiary/aromatic N) is 2. The van der Waals surface area contributed by atoms with Crippen molar-refractivity contribution in [2.45, 2.75) is 38.8 Å². The van der Waals surface area contributed by atoms with Crippen LogP contribution in [0.2, 0.25) is 0 Å². The van der Waals surface area contributed by atoms with Gasteiger partial charge in [-0.15, -0.1) is 0 Å². The number of halogens is 1. The van der Waals surface area contributed by atoms with E-state index in [1.165, 1.54) is 24.3 Å². The van der Waals surface area contributed by atoms with Crippen LogP contribution in [0.3, 0.4) is 0 Å². The summed E-state index contributed by atoms with van der Waals surface area (Å²) < 4.78 is 12.9. The van der Waals surface area contributed by atoms with Crippen molar-refractivity contribution in [2.75, 3.05) is 0 Å². The Morgan fingerprint density at radius 1 is 1.33 bits per heavy atom. The Balaban J connectivity index is 2.10. The number of carbonyl (C=O) groups excluding carboxylic acids is 2. The van der Waals surface area contributed by atoms with Gasteiger partial charge in [0.25, 0.3) is 5.91 Å². The van der Waals surface area contributed by atoms with Crippen LogP contribution in [0.4, 0.5) is 4.39 Å². The lowest BCUT2D eigenvalue weighted by Gasteiger charge is -2.24. The third-order valence-electron chi connectivity index (χ3n) is 3.62. The monoisotopic (exact) mass is 335 g/mol. The van der Waals surface area contributed by atoms with Gasteiger partial charge >= 0.3 is 5.97 Å². The first-order chi connectivity index (χ1) is 11.4. The van der Waals surface area contributed by atoms with Crippen LogP contribution in [0.15, 0.2) is 29.4 Å². The van der Waals surface area contributed by atoms with Gasteiger partial charge < -0.3 is 10.4 Å². The molecule has 24 heavy (non-hydrogen) atoms. The van der Waals surface area contributed by atoms with Gasteiger partial charge in [-0.25, -0.2) is 14.2 Å². The zero-order chi connectivity index (χ0) is 17.7. The highest BCUT2D eigenvalue weighted by atomic mass is 19.1. The number of hydrogen-bond donors (Lipinski definition) is 2. The van der Waals surface area contributed by atoms with E-state index >= 15 is 0 Å². The Hall–Kier alpha value is -2.77. The summed E-state index contributed by atoms with van der Waals surface area (Å²) in [6.07, 6.45) is 0.504. The van der Waals surface area contributed by atoms with Gasteiger partial charge in [0.15, 0.2) is 0 Å². The van der Waals surface area contributed by atoms with Crippen molar-refractivity contribution >= 4 is 23.5 Å². The van der Waals surface area contributed by atoms with Gasteiger partial charge in [0.05, 0.1) is 6.54 Å². The maximum Gasteiger partial charge on any atom is 0.326 e. The Morgan fingerprint density at radius 3 is 2.58 bits per heavy atom. The number of carbonyl (C=O) groups is 3. The topological polar surface area (TPSA) is 99.1 Å². The highest BCUT2D eigenvalue weighted by Gasteiger charge is 2.27. The van der Waals surface area contributed by atoms with E-state index in [0.717, 1.165) is 5.01 Å². The number of rotatable bonds is 6. The number of benzene rings is 1. The Labute approximate surface area is 138 Å². The normalized spacial score (nSPS) is 15.7. The van der Waals surface area contributed by atoms with E-state index < -0.39 is 17.9 Å². The van der Waals surface area contributed by atoms with E-state index in [-0.39, 0.29) is 43.2 Å². The Kier molecular flexibility index (Phi) is 5.62. The van der Waals surface area contributed by atoms with E-state index in [9.17, 15) is 18.8 Å². The van der Waals surface area contributed by atoms with Crippen LogP contribution in [-0.2, 0) is 20.9 Å². The fraction of sp³-hybridized carbons (Fsp3) is 0.375. The van der Waals surface area contributed by atoms with Crippen molar-refractivity contribution in [3.05, 3.63) is 35.6 Å². The minimum atomic E-state index is -1.12. The van der Waals surface area contributed by atoms with Gasteiger partial charge in [-0.2, -0.15) is 5.10 Å². The summed E-state index contributed by atoms with van der Waals surface area (Å²) in [5, 5.41) is 16.5. The largest absolute Gasteiger partial charge is 0.480 e. The highest BCUT2D eigenvalue weighted by Crippen LogP contribution is 2.14. The maximum atomic E-state index is 12.9. The summed E-state index contributed by atoms with van der Waals surface area (Å²) in [5.41, 5.74) is 0.781. The number of hydrazone groups is 1. The number of hydrogen-bond acceptors (Lipinski definition) is 4. The maximum absolute atomic E-state index is 12.9. The Morgan fingerprint density at radius 2 is 2.00 bits per heavy atom. The third-order valence-corrected chi connectivity index (χ3v) is 3.62. The minimum absolute atomic E-state index is 0.108. The molecule has 2 rings (SSSR count). The second-order valence-electron chi connectivity index (χ2n) is 5.40. The lowest BCUT2D eigenvalue weighted by atomic mass is 10.1. The lowest BCUT2D eigenvalue weighted by molar-refractivity contribution is -0.141. The predicted octanol–water partition coefficient (Wildman–Crippen LogP) is 1.28. The molecule has 1 atom stereocenters. The molecule has 0 fully saturated rings. The predicted molar refractivity (Wildman–Crippen MR) is 83.5 cm³/mol. The average Bonchev–Trinajstić information content (AvgIpc) is 2.56. The molecular weight excluding hydrogens is 317 g/mol. The van der Waals surface area contributed by atoms with Gasteiger partial charge in [-0.05, 0) is 24.1 Å². The molecule has 0 aliphatic carbocycles. The molecule has 2 amide bonds. The molecule has 1 aromatic carbocycles. The smallest absolute Gasteiger partial charge is 0.326 e. The standard InChI is InChI=1S/C16H18FN3O4/c1-2-12(16(23)24)18-15(22)13-7-8-14(21)20(19-13)9-10-3-5-11(17)6-4-10/h3-6,12H,2,7-9H2,1H3,(H,18,22)(H,23,24). The molecule has 8 heteroatoms. The number of nitrogens with one attached hydrogen (secondary N) is 1. The molecule has 1 heterocycles. The van der Waals surface area contributed by atoms with Gasteiger partial charge in [0.1, 0.15) is 17.6 Å². The van der Waals surface area contributed by atoms with Gasteiger partial charge in [-0.3, -0.25) is 9.59 Å². The van der Waals surface area contributed by atoms with Crippen LogP contribution < -0.4 is 5.32 Å². The van der Waals surface area contributed by atoms with Crippen molar-refractivity contribution < 1.29 is 23.9 Å². The van der Waals surface area contributed by atoms with Crippen LogP contribution >= 0.6 is 0 Å². The van der Waals surface area contributed by atoms with E-state index in [2.05, 4.69) is 10.4 Å². The zero-order valence-electron chi connectivity index (χ0n) is 13.2. The summed E-state index contributed by atoms with van der Waals surface area (Å²) in [6.45, 7) is 1.76. The number of carboxylic acids is 1. The fourth-order valence-electron chi connectivity index (χ4n) is 2.23. The summed E-state index contributed by atoms with van der Waals surface area (Å²) in [5.74, 6) is -2.35. The summed E-state index contributed by atoms with van der Waals surface area (Å²) >= 11 is 0. The first-order valence-electron chi connectivity index (χ1n) is 7.56. The molecule has 0 saturated carbocycles. The van der Waals surface area contributed by atoms with Crippen LogP contribution in [0, 0.1) is 5.82 Å². The van der Waals surface area contributed by atoms with E-state index in [1.807, 2.05) is 0 Å². The summed E-state index contributed by atoms with van der Waals surface area (Å²) in [4.78, 5) is 35.1. The molecule has 0 saturated heterocycles. The van der Waals surface area contributed by atoms with Crippen LogP contribution in [0.25, 0.3) is 0 Å². The second-order valence-corrected chi connectivity index (χ2v) is 5.40. The first-order valence-corrected chi connectivity index (χ1v) is 7.56. The van der Waals surface area contributed by atoms with Crippen LogP contribution in [0.5, 0.6) is 0 Å². The second kappa shape index (κ2) is 7.67. The first kappa shape index (κ1) is 17.6. The molecule has 1 aliphatic heterocycles. The van der Waals surface area contributed by atoms with Crippen LogP contribution in [0.1, 0.15) is 31.7 Å². The third kappa shape index (κ3) is 4.37. The molecular formula is C16H18FN3O4. The molecule has 7 nitrogen and oxygen atoms in total. The van der Waals surface area contributed by atoms with Gasteiger partial charge in [0, 0.05) is 12.8 Å². The van der Waals surface area contributed by atoms with E-state index in [1.54, 1.807) is 6.92 Å². The van der Waals surface area contributed by atoms with Crippen molar-refractivity contribution in [3.63, 3.8) is 0 Å². The van der Waals surface area contributed by atoms with Crippen molar-refractivity contribution in [2.24, 2.45) is 5.10 Å². The van der Waals surface area contributed by atoms with Crippen molar-refractivity contribution in [3.8, 4) is 0 Å². The van der Waals surface area contributed by atoms with Gasteiger partial charge in [0.2, 0.25) is 5.91 Å². The molecule has 1 aliphatic rings. The van der Waals surface area contributed by atoms with Crippen molar-refractivity contribution in [1.82, 2.24) is 10.3 Å². The SMILES string of the molecule is CCC(NC(=O)C1=NN(Cc2ccc(F)cc2)C(=O)CC1)C(=O)O. The fourth-order valence-corrected chi connectivity index (χ4v) is 2.23. The van der Waals surface area contributed by atoms with E-state index in [0.29, 0.717) is 5.56 Å². The molecule has 0 spiro atoms. The number of carboxylic acid groups (broad SMARTS) is 1. The van der Waals surface area contributed by atoms with E-state index in [4.69, 9.17) is 5.11 Å². The number of amides is 2. The highest BCUT2D eigenvalue weighted by molar-refractivity contribution is 6.39. The minimum Gasteiger partial charge on any atom is -0.480 e. The molecule has 1 unspecified atom stereocenters. The molecule has 128 valence electrons. The van der Waals surface area contributed by atoms with Crippen LogP contribution in [-0.4, -0.2) is 39.7 Å².